The lowest BCUT2D eigenvalue weighted by Crippen LogP contribution is -2.26. The third-order valence-corrected chi connectivity index (χ3v) is 9.01. The van der Waals surface area contributed by atoms with Crippen molar-refractivity contribution in [2.75, 3.05) is 6.61 Å². The molecule has 0 heterocycles. The van der Waals surface area contributed by atoms with Crippen molar-refractivity contribution in [2.24, 2.45) is 5.41 Å². The molecule has 3 nitrogen and oxygen atoms in total. The van der Waals surface area contributed by atoms with Crippen LogP contribution in [-0.2, 0) is 0 Å². The van der Waals surface area contributed by atoms with Gasteiger partial charge in [-0.2, -0.15) is 5.26 Å². The van der Waals surface area contributed by atoms with E-state index in [2.05, 4.69) is 68.4 Å². The smallest absolute Gasteiger partial charge is 0.119 e. The first kappa shape index (κ1) is 32.2. The predicted molar refractivity (Wildman–Crippen MR) is 169 cm³/mol. The van der Waals surface area contributed by atoms with E-state index >= 15 is 0 Å². The summed E-state index contributed by atoms with van der Waals surface area (Å²) in [5.41, 5.74) is 3.73. The van der Waals surface area contributed by atoms with E-state index in [-0.39, 0.29) is 11.5 Å². The Balaban J connectivity index is 1.53. The van der Waals surface area contributed by atoms with E-state index in [0.717, 1.165) is 57.1 Å². The summed E-state index contributed by atoms with van der Waals surface area (Å²) in [7, 11) is 0. The molecule has 2 aromatic rings. The monoisotopic (exact) mass is 545 g/mol. The molecule has 3 heteroatoms. The van der Waals surface area contributed by atoms with E-state index in [9.17, 15) is 5.26 Å². The molecule has 1 N–H and O–H groups in total. The SMILES string of the molecule is CCCCCCCC1(C#N)CCCC(c2ccc(-c3ccc(OC(CCC)CCCCCCCO)cc3)cc2)C1. The molecular weight excluding hydrogens is 490 g/mol. The van der Waals surface area contributed by atoms with E-state index in [0.29, 0.717) is 12.5 Å². The number of ether oxygens (including phenoxy) is 1. The first-order chi connectivity index (χ1) is 19.6. The normalized spacial score (nSPS) is 19.7. The average Bonchev–Trinajstić information content (AvgIpc) is 2.99. The third kappa shape index (κ3) is 10.6. The Labute approximate surface area is 245 Å². The fraction of sp³-hybridized carbons (Fsp3) is 0.649. The molecule has 0 aromatic heterocycles. The summed E-state index contributed by atoms with van der Waals surface area (Å²) in [6.07, 6.45) is 21.1. The van der Waals surface area contributed by atoms with Gasteiger partial charge in [-0.15, -0.1) is 0 Å². The van der Waals surface area contributed by atoms with Crippen LogP contribution >= 0.6 is 0 Å². The first-order valence-electron chi connectivity index (χ1n) is 16.5. The molecule has 1 aliphatic carbocycles. The fourth-order valence-electron chi connectivity index (χ4n) is 6.56. The van der Waals surface area contributed by atoms with Gasteiger partial charge in [0.05, 0.1) is 17.6 Å². The molecule has 220 valence electrons. The first-order valence-corrected chi connectivity index (χ1v) is 16.5. The zero-order chi connectivity index (χ0) is 28.5. The second-order valence-electron chi connectivity index (χ2n) is 12.3. The number of hydrogen-bond donors (Lipinski definition) is 1. The zero-order valence-electron chi connectivity index (χ0n) is 25.5. The molecule has 3 rings (SSSR count). The highest BCUT2D eigenvalue weighted by molar-refractivity contribution is 5.64. The summed E-state index contributed by atoms with van der Waals surface area (Å²) in [5, 5.41) is 19.1. The Morgan fingerprint density at radius 1 is 0.825 bits per heavy atom. The molecule has 0 bridgehead atoms. The van der Waals surface area contributed by atoms with Crippen molar-refractivity contribution in [3.8, 4) is 22.9 Å². The van der Waals surface area contributed by atoms with Crippen LogP contribution < -0.4 is 4.74 Å². The number of rotatable bonds is 19. The Morgan fingerprint density at radius 2 is 1.48 bits per heavy atom. The number of unbranched alkanes of at least 4 members (excludes halogenated alkanes) is 8. The highest BCUT2D eigenvalue weighted by Gasteiger charge is 2.36. The van der Waals surface area contributed by atoms with Crippen LogP contribution in [0.2, 0.25) is 0 Å². The minimum Gasteiger partial charge on any atom is -0.490 e. The minimum absolute atomic E-state index is 0.126. The van der Waals surface area contributed by atoms with Gasteiger partial charge in [0.15, 0.2) is 0 Å². The quantitative estimate of drug-likeness (QED) is 0.179. The highest BCUT2D eigenvalue weighted by Crippen LogP contribution is 2.47. The van der Waals surface area contributed by atoms with Gasteiger partial charge < -0.3 is 9.84 Å². The summed E-state index contributed by atoms with van der Waals surface area (Å²) in [6.45, 7) is 4.80. The molecule has 0 spiro atoms. The Bertz CT molecular complexity index is 977. The van der Waals surface area contributed by atoms with Gasteiger partial charge in [0, 0.05) is 6.61 Å². The molecule has 1 aliphatic rings. The van der Waals surface area contributed by atoms with Crippen LogP contribution in [0, 0.1) is 16.7 Å². The van der Waals surface area contributed by atoms with Crippen LogP contribution in [0.1, 0.15) is 141 Å². The number of benzene rings is 2. The van der Waals surface area contributed by atoms with Crippen molar-refractivity contribution in [2.45, 2.75) is 141 Å². The van der Waals surface area contributed by atoms with Gasteiger partial charge in [-0.1, -0.05) is 114 Å². The topological polar surface area (TPSA) is 53.2 Å². The largest absolute Gasteiger partial charge is 0.490 e. The molecular formula is C37H55NO2. The predicted octanol–water partition coefficient (Wildman–Crippen LogP) is 10.8. The molecule has 1 fully saturated rings. The van der Waals surface area contributed by atoms with Gasteiger partial charge in [-0.3, -0.25) is 0 Å². The van der Waals surface area contributed by atoms with Crippen LogP contribution in [0.5, 0.6) is 5.75 Å². The lowest BCUT2D eigenvalue weighted by atomic mass is 9.66. The highest BCUT2D eigenvalue weighted by atomic mass is 16.5. The average molecular weight is 546 g/mol. The molecule has 40 heavy (non-hydrogen) atoms. The molecule has 0 aliphatic heterocycles. The molecule has 0 radical (unpaired) electrons. The van der Waals surface area contributed by atoms with Crippen LogP contribution in [0.4, 0.5) is 0 Å². The van der Waals surface area contributed by atoms with E-state index < -0.39 is 0 Å². The molecule has 0 amide bonds. The maximum atomic E-state index is 10.1. The van der Waals surface area contributed by atoms with E-state index in [1.54, 1.807) is 0 Å². The Morgan fingerprint density at radius 3 is 2.15 bits per heavy atom. The number of nitrogens with zero attached hydrogens (tertiary/aromatic N) is 1. The molecule has 3 unspecified atom stereocenters. The summed E-state index contributed by atoms with van der Waals surface area (Å²) >= 11 is 0. The number of nitriles is 1. The van der Waals surface area contributed by atoms with Gasteiger partial charge in [0.25, 0.3) is 0 Å². The van der Waals surface area contributed by atoms with Gasteiger partial charge >= 0.3 is 0 Å². The van der Waals surface area contributed by atoms with E-state index in [4.69, 9.17) is 9.84 Å². The van der Waals surface area contributed by atoms with Gasteiger partial charge in [-0.25, -0.2) is 0 Å². The fourth-order valence-corrected chi connectivity index (χ4v) is 6.56. The second-order valence-corrected chi connectivity index (χ2v) is 12.3. The van der Waals surface area contributed by atoms with Crippen molar-refractivity contribution >= 4 is 0 Å². The lowest BCUT2D eigenvalue weighted by Gasteiger charge is -2.36. The van der Waals surface area contributed by atoms with Crippen molar-refractivity contribution in [1.29, 1.82) is 5.26 Å². The van der Waals surface area contributed by atoms with E-state index in [1.165, 1.54) is 80.9 Å². The molecule has 3 atom stereocenters. The summed E-state index contributed by atoms with van der Waals surface area (Å²) < 4.78 is 6.38. The molecule has 2 aromatic carbocycles. The van der Waals surface area contributed by atoms with Crippen molar-refractivity contribution < 1.29 is 9.84 Å². The van der Waals surface area contributed by atoms with Crippen LogP contribution in [0.25, 0.3) is 11.1 Å². The maximum absolute atomic E-state index is 10.1. The lowest BCUT2D eigenvalue weighted by molar-refractivity contribution is 0.175. The standard InChI is InChI=1S/C37H55NO2/c1-3-5-6-9-12-26-37(30-38)27-14-16-34(29-37)33-20-18-31(19-21-33)32-22-24-36(25-23-32)40-35(15-4-2)17-11-8-7-10-13-28-39/h18-25,34-35,39H,3-17,26-29H2,1-2H3. The number of aliphatic hydroxyl groups excluding tert-OH is 1. The van der Waals surface area contributed by atoms with Crippen LogP contribution in [-0.4, -0.2) is 17.8 Å². The molecule has 0 saturated heterocycles. The Kier molecular flexibility index (Phi) is 14.6. The van der Waals surface area contributed by atoms with E-state index in [1.807, 2.05) is 0 Å². The Hall–Kier alpha value is -2.31. The third-order valence-electron chi connectivity index (χ3n) is 9.01. The van der Waals surface area contributed by atoms with Gasteiger partial charge in [-0.05, 0) is 86.1 Å². The summed E-state index contributed by atoms with van der Waals surface area (Å²) in [4.78, 5) is 0. The van der Waals surface area contributed by atoms with Crippen molar-refractivity contribution in [1.82, 2.24) is 0 Å². The van der Waals surface area contributed by atoms with Crippen molar-refractivity contribution in [3.05, 3.63) is 54.1 Å². The number of aliphatic hydroxyl groups is 1. The second kappa shape index (κ2) is 18.2. The minimum atomic E-state index is -0.126. The summed E-state index contributed by atoms with van der Waals surface area (Å²) in [6, 6.07) is 20.5. The van der Waals surface area contributed by atoms with Gasteiger partial charge in [0.2, 0.25) is 0 Å². The molecule has 1 saturated carbocycles. The van der Waals surface area contributed by atoms with Gasteiger partial charge in [0.1, 0.15) is 5.75 Å². The zero-order valence-corrected chi connectivity index (χ0v) is 25.5. The maximum Gasteiger partial charge on any atom is 0.119 e. The van der Waals surface area contributed by atoms with Crippen LogP contribution in [0.15, 0.2) is 48.5 Å². The summed E-state index contributed by atoms with van der Waals surface area (Å²) in [5.74, 6) is 1.46. The number of hydrogen-bond acceptors (Lipinski definition) is 3. The van der Waals surface area contributed by atoms with Crippen LogP contribution in [0.3, 0.4) is 0 Å². The van der Waals surface area contributed by atoms with Crippen molar-refractivity contribution in [3.63, 3.8) is 0 Å².